The lowest BCUT2D eigenvalue weighted by atomic mass is 9.33. The minimum absolute atomic E-state index is 0.0163. The molecule has 0 fully saturated rings. The van der Waals surface area contributed by atoms with E-state index in [2.05, 4.69) is 315 Å². The number of furan rings is 1. The lowest BCUT2D eigenvalue weighted by Gasteiger charge is -2.45. The highest BCUT2D eigenvalue weighted by atomic mass is 16.6. The molecule has 13 aromatic rings. The number of hydrogen-bond donors (Lipinski definition) is 0. The summed E-state index contributed by atoms with van der Waals surface area (Å²) in [5, 5.41) is 5.86. The Bertz CT molecular complexity index is 5220. The standard InChI is InChI=1S/C87H76BN3O3/c1-84(2,3)60-26-34-64(35-27-60)90-74-41-30-62(86(7,8)9)50-72(74)88-73-51-80-81(93-43-42-92-80)52-75(73)91(65-36-28-61(29-37-65)85(4,5)6)77-48-59(47-76(90)83(77)88)53-22-31-63(32-23-53)89(66-33-24-54-44-58(21-20-55(54)45-66)79-49-57-16-12-15-19-78(57)94-79)67-38-39-68-56(46-67)25-40-71-82(68)69-17-13-14-18-70(69)87(71,10)11/h12-41,44-52H,42-43H2,1-11H3. The van der Waals surface area contributed by atoms with Crippen molar-refractivity contribution in [1.29, 1.82) is 0 Å². The molecule has 4 heterocycles. The summed E-state index contributed by atoms with van der Waals surface area (Å²) in [6.07, 6.45) is 0. The third-order valence-corrected chi connectivity index (χ3v) is 20.6. The van der Waals surface area contributed by atoms with Gasteiger partial charge in [0.05, 0.1) is 0 Å². The molecule has 7 heteroatoms. The Labute approximate surface area is 552 Å². The Hall–Kier alpha value is -10.2. The molecule has 3 aliphatic heterocycles. The lowest BCUT2D eigenvalue weighted by Crippen LogP contribution is -2.61. The summed E-state index contributed by atoms with van der Waals surface area (Å²) < 4.78 is 19.4. The van der Waals surface area contributed by atoms with E-state index in [1.165, 1.54) is 71.8 Å². The third kappa shape index (κ3) is 9.28. The summed E-state index contributed by atoms with van der Waals surface area (Å²) in [6, 6.07) is 89.2. The van der Waals surface area contributed by atoms with Crippen molar-refractivity contribution in [2.24, 2.45) is 0 Å². The molecule has 0 radical (unpaired) electrons. The van der Waals surface area contributed by atoms with E-state index in [4.69, 9.17) is 13.9 Å². The summed E-state index contributed by atoms with van der Waals surface area (Å²) in [5.74, 6) is 2.42. The maximum atomic E-state index is 6.51. The van der Waals surface area contributed by atoms with Crippen molar-refractivity contribution in [3.8, 4) is 45.1 Å². The second-order valence-corrected chi connectivity index (χ2v) is 30.0. The van der Waals surface area contributed by atoms with E-state index in [-0.39, 0.29) is 28.4 Å². The van der Waals surface area contributed by atoms with E-state index in [9.17, 15) is 0 Å². The summed E-state index contributed by atoms with van der Waals surface area (Å²) in [5.41, 5.74) is 26.9. The maximum Gasteiger partial charge on any atom is 0.252 e. The Balaban J connectivity index is 0.860. The Morgan fingerprint density at radius 3 is 1.64 bits per heavy atom. The first-order valence-corrected chi connectivity index (χ1v) is 33.4. The molecule has 6 nitrogen and oxygen atoms in total. The van der Waals surface area contributed by atoms with Crippen LogP contribution in [-0.2, 0) is 21.7 Å². The molecule has 0 saturated heterocycles. The number of para-hydroxylation sites is 1. The zero-order valence-electron chi connectivity index (χ0n) is 55.6. The van der Waals surface area contributed by atoms with Crippen molar-refractivity contribution in [3.63, 3.8) is 0 Å². The molecule has 94 heavy (non-hydrogen) atoms. The maximum absolute atomic E-state index is 6.51. The molecule has 0 unspecified atom stereocenters. The van der Waals surface area contributed by atoms with E-state index in [0.29, 0.717) is 13.2 Å². The zero-order valence-corrected chi connectivity index (χ0v) is 55.6. The van der Waals surface area contributed by atoms with Gasteiger partial charge in [-0.2, -0.15) is 0 Å². The SMILES string of the molecule is CC(C)(C)c1ccc(N2c3ccc(C(C)(C)C)cc3B3c4cc5c(cc4N(c4ccc(C(C)(C)C)cc4)c4cc(-c6ccc(N(c7ccc8cc(-c9cc%10ccccc%10o9)ccc8c7)c7ccc8c9c(ccc8c7)C(C)(C)c7ccccc7-9)cc6)cc2c43)OCCO5)cc1. The minimum Gasteiger partial charge on any atom is -0.486 e. The molecule has 0 N–H and O–H groups in total. The molecule has 1 aromatic heterocycles. The smallest absolute Gasteiger partial charge is 0.252 e. The molecule has 17 rings (SSSR count). The van der Waals surface area contributed by atoms with Gasteiger partial charge in [-0.15, -0.1) is 0 Å². The first-order chi connectivity index (χ1) is 45.2. The van der Waals surface area contributed by atoms with Crippen LogP contribution in [0.3, 0.4) is 0 Å². The second kappa shape index (κ2) is 20.9. The fourth-order valence-corrected chi connectivity index (χ4v) is 15.5. The number of anilines is 9. The Kier molecular flexibility index (Phi) is 12.8. The first-order valence-electron chi connectivity index (χ1n) is 33.4. The van der Waals surface area contributed by atoms with Crippen molar-refractivity contribution in [2.75, 3.05) is 27.9 Å². The van der Waals surface area contributed by atoms with Crippen LogP contribution >= 0.6 is 0 Å². The molecular weight excluding hydrogens is 1150 g/mol. The quantitative estimate of drug-likeness (QED) is 0.148. The van der Waals surface area contributed by atoms with Gasteiger partial charge in [0.25, 0.3) is 6.71 Å². The number of ether oxygens (including phenoxy) is 2. The number of nitrogens with zero attached hydrogens (tertiary/aromatic N) is 3. The molecule has 0 atom stereocenters. The molecule has 460 valence electrons. The molecule has 0 spiro atoms. The molecule has 4 aliphatic rings. The minimum atomic E-state index is -0.128. The van der Waals surface area contributed by atoms with Crippen molar-refractivity contribution in [1.82, 2.24) is 0 Å². The Morgan fingerprint density at radius 2 is 0.957 bits per heavy atom. The monoisotopic (exact) mass is 1220 g/mol. The van der Waals surface area contributed by atoms with Crippen LogP contribution in [0.25, 0.3) is 66.1 Å². The highest BCUT2D eigenvalue weighted by molar-refractivity contribution is 7.00. The van der Waals surface area contributed by atoms with Crippen LogP contribution in [0, 0.1) is 0 Å². The van der Waals surface area contributed by atoms with Crippen LogP contribution in [0.15, 0.2) is 241 Å². The summed E-state index contributed by atoms with van der Waals surface area (Å²) in [6.45, 7) is 26.3. The van der Waals surface area contributed by atoms with Crippen LogP contribution in [0.5, 0.6) is 11.5 Å². The second-order valence-electron chi connectivity index (χ2n) is 30.0. The molecule has 0 amide bonds. The van der Waals surface area contributed by atoms with Crippen LogP contribution in [0.2, 0.25) is 0 Å². The topological polar surface area (TPSA) is 41.3 Å². The highest BCUT2D eigenvalue weighted by Gasteiger charge is 2.45. The number of fused-ring (bicyclic) bond motifs is 12. The van der Waals surface area contributed by atoms with Crippen LogP contribution in [-0.4, -0.2) is 19.9 Å². The zero-order chi connectivity index (χ0) is 64.3. The van der Waals surface area contributed by atoms with Gasteiger partial charge in [0.2, 0.25) is 0 Å². The molecule has 12 aromatic carbocycles. The largest absolute Gasteiger partial charge is 0.486 e. The predicted molar refractivity (Wildman–Crippen MR) is 395 cm³/mol. The van der Waals surface area contributed by atoms with Gasteiger partial charge in [-0.25, -0.2) is 0 Å². The van der Waals surface area contributed by atoms with Gasteiger partial charge in [0.15, 0.2) is 11.5 Å². The van der Waals surface area contributed by atoms with Crippen LogP contribution < -0.4 is 40.6 Å². The van der Waals surface area contributed by atoms with Gasteiger partial charge in [0, 0.05) is 73.6 Å². The van der Waals surface area contributed by atoms with Crippen molar-refractivity contribution in [2.45, 2.75) is 97.8 Å². The molecular formula is C87H76BN3O3. The number of rotatable bonds is 7. The van der Waals surface area contributed by atoms with E-state index in [0.717, 1.165) is 101 Å². The average Bonchev–Trinajstić information content (AvgIpc) is 0.828. The lowest BCUT2D eigenvalue weighted by molar-refractivity contribution is 0.172. The van der Waals surface area contributed by atoms with Crippen molar-refractivity contribution >= 4 is 107 Å². The highest BCUT2D eigenvalue weighted by Crippen LogP contribution is 2.53. The van der Waals surface area contributed by atoms with Gasteiger partial charge in [-0.3, -0.25) is 0 Å². The van der Waals surface area contributed by atoms with Crippen LogP contribution in [0.1, 0.15) is 104 Å². The van der Waals surface area contributed by atoms with E-state index >= 15 is 0 Å². The van der Waals surface area contributed by atoms with Gasteiger partial charge in [0.1, 0.15) is 24.6 Å². The average molecular weight is 1220 g/mol. The van der Waals surface area contributed by atoms with Gasteiger partial charge in [-0.1, -0.05) is 204 Å². The van der Waals surface area contributed by atoms with Crippen molar-refractivity contribution in [3.05, 3.63) is 264 Å². The first kappa shape index (κ1) is 57.6. The van der Waals surface area contributed by atoms with Crippen molar-refractivity contribution < 1.29 is 13.9 Å². The number of benzene rings is 12. The normalized spacial score (nSPS) is 14.4. The molecule has 0 bridgehead atoms. The van der Waals surface area contributed by atoms with Gasteiger partial charge < -0.3 is 28.6 Å². The van der Waals surface area contributed by atoms with E-state index in [1.807, 2.05) is 12.1 Å². The van der Waals surface area contributed by atoms with E-state index in [1.54, 1.807) is 0 Å². The van der Waals surface area contributed by atoms with Gasteiger partial charge in [-0.05, 0) is 207 Å². The summed E-state index contributed by atoms with van der Waals surface area (Å²) in [7, 11) is 0. The Morgan fingerprint density at radius 1 is 0.404 bits per heavy atom. The molecule has 1 aliphatic carbocycles. The summed E-state index contributed by atoms with van der Waals surface area (Å²) >= 11 is 0. The number of hydrogen-bond acceptors (Lipinski definition) is 6. The fraction of sp³-hybridized carbons (Fsp3) is 0.195. The molecule has 0 saturated carbocycles. The van der Waals surface area contributed by atoms with E-state index < -0.39 is 0 Å². The summed E-state index contributed by atoms with van der Waals surface area (Å²) in [4.78, 5) is 7.48. The van der Waals surface area contributed by atoms with Crippen LogP contribution in [0.4, 0.5) is 51.2 Å². The predicted octanol–water partition coefficient (Wildman–Crippen LogP) is 21.6. The third-order valence-electron chi connectivity index (χ3n) is 20.6. The van der Waals surface area contributed by atoms with Gasteiger partial charge >= 0.3 is 0 Å². The fourth-order valence-electron chi connectivity index (χ4n) is 15.5.